The highest BCUT2D eigenvalue weighted by atomic mass is 16.5. The van der Waals surface area contributed by atoms with Crippen molar-refractivity contribution in [3.05, 3.63) is 84.4 Å². The van der Waals surface area contributed by atoms with E-state index in [1.807, 2.05) is 44.2 Å². The fraction of sp³-hybridized carbons (Fsp3) is 0.424. The van der Waals surface area contributed by atoms with Crippen LogP contribution in [0.1, 0.15) is 45.6 Å². The molecule has 202 valence electrons. The lowest BCUT2D eigenvalue weighted by Crippen LogP contribution is -2.47. The van der Waals surface area contributed by atoms with E-state index in [2.05, 4.69) is 65.3 Å². The largest absolute Gasteiger partial charge is 0.496 e. The maximum absolute atomic E-state index is 13.3. The molecular weight excluding hydrogens is 472 g/mol. The molecule has 1 unspecified atom stereocenters. The highest BCUT2D eigenvalue weighted by Crippen LogP contribution is 2.36. The van der Waals surface area contributed by atoms with Gasteiger partial charge in [-0.15, -0.1) is 0 Å². The maximum Gasteiger partial charge on any atom is 0.316 e. The number of hydrogen-bond acceptors (Lipinski definition) is 5. The molecule has 5 nitrogen and oxygen atoms in total. The monoisotopic (exact) mass is 514 g/mol. The maximum atomic E-state index is 13.3. The fourth-order valence-electron chi connectivity index (χ4n) is 5.56. The van der Waals surface area contributed by atoms with Crippen LogP contribution in [-0.2, 0) is 14.9 Å². The standard InChI is InChI=1S/C33H42N2O3/c1-5-33(32(36)38-26(2)3,28-14-7-6-8-15-28)19-12-20-34-21-23-35(24-22-34)29-16-11-13-27(25-29)30-17-9-10-18-31(30)37-4/h6-11,13-18,25-26H,5,12,19-24H2,1-4H3. The zero-order chi connectivity index (χ0) is 27.0. The second kappa shape index (κ2) is 13.0. The number of carbonyl (C=O) groups is 1. The first-order valence-electron chi connectivity index (χ1n) is 13.9. The Bertz CT molecular complexity index is 1170. The molecule has 0 radical (unpaired) electrons. The van der Waals surface area contributed by atoms with Gasteiger partial charge in [0, 0.05) is 37.4 Å². The summed E-state index contributed by atoms with van der Waals surface area (Å²) in [7, 11) is 1.72. The summed E-state index contributed by atoms with van der Waals surface area (Å²) in [6.45, 7) is 10.9. The van der Waals surface area contributed by atoms with Crippen molar-refractivity contribution in [3.63, 3.8) is 0 Å². The van der Waals surface area contributed by atoms with Gasteiger partial charge in [-0.2, -0.15) is 0 Å². The van der Waals surface area contributed by atoms with E-state index >= 15 is 0 Å². The van der Waals surface area contributed by atoms with Gasteiger partial charge in [0.2, 0.25) is 0 Å². The first-order chi connectivity index (χ1) is 18.5. The third-order valence-electron chi connectivity index (χ3n) is 7.74. The molecule has 0 spiro atoms. The van der Waals surface area contributed by atoms with Crippen LogP contribution in [0.3, 0.4) is 0 Å². The Kier molecular flexibility index (Phi) is 9.46. The summed E-state index contributed by atoms with van der Waals surface area (Å²) in [5.41, 5.74) is 4.01. The Morgan fingerprint density at radius 1 is 0.921 bits per heavy atom. The Hall–Kier alpha value is -3.31. The van der Waals surface area contributed by atoms with Gasteiger partial charge in [-0.05, 0) is 69.0 Å². The van der Waals surface area contributed by atoms with Crippen molar-refractivity contribution < 1.29 is 14.3 Å². The number of nitrogens with zero attached hydrogens (tertiary/aromatic N) is 2. The summed E-state index contributed by atoms with van der Waals surface area (Å²) >= 11 is 0. The predicted molar refractivity (Wildman–Crippen MR) is 156 cm³/mol. The molecule has 5 heteroatoms. The van der Waals surface area contributed by atoms with Gasteiger partial charge in [0.1, 0.15) is 5.75 Å². The number of anilines is 1. The lowest BCUT2D eigenvalue weighted by molar-refractivity contribution is -0.155. The molecule has 0 aromatic heterocycles. The summed E-state index contributed by atoms with van der Waals surface area (Å²) in [5.74, 6) is 0.798. The molecule has 0 amide bonds. The molecule has 3 aromatic carbocycles. The van der Waals surface area contributed by atoms with Crippen molar-refractivity contribution >= 4 is 11.7 Å². The minimum absolute atomic E-state index is 0.0963. The van der Waals surface area contributed by atoms with Crippen LogP contribution in [0.25, 0.3) is 11.1 Å². The Morgan fingerprint density at radius 2 is 1.63 bits per heavy atom. The molecule has 1 fully saturated rings. The summed E-state index contributed by atoms with van der Waals surface area (Å²) in [5, 5.41) is 0. The third-order valence-corrected chi connectivity index (χ3v) is 7.74. The van der Waals surface area contributed by atoms with Crippen molar-refractivity contribution in [1.29, 1.82) is 0 Å². The van der Waals surface area contributed by atoms with Crippen LogP contribution in [0, 0.1) is 0 Å². The summed E-state index contributed by atoms with van der Waals surface area (Å²) < 4.78 is 11.3. The number of esters is 1. The van der Waals surface area contributed by atoms with Gasteiger partial charge in [-0.25, -0.2) is 0 Å². The SMILES string of the molecule is CCC(CCCN1CCN(c2cccc(-c3ccccc3OC)c2)CC1)(C(=O)OC(C)C)c1ccccc1. The van der Waals surface area contributed by atoms with E-state index in [-0.39, 0.29) is 12.1 Å². The molecule has 0 aliphatic carbocycles. The zero-order valence-corrected chi connectivity index (χ0v) is 23.4. The van der Waals surface area contributed by atoms with Crippen LogP contribution in [0.15, 0.2) is 78.9 Å². The topological polar surface area (TPSA) is 42.0 Å². The van der Waals surface area contributed by atoms with Crippen LogP contribution in [0.5, 0.6) is 5.75 Å². The number of hydrogen-bond donors (Lipinski definition) is 0. The first kappa shape index (κ1) is 27.7. The third kappa shape index (κ3) is 6.39. The fourth-order valence-corrected chi connectivity index (χ4v) is 5.56. The van der Waals surface area contributed by atoms with Gasteiger partial charge < -0.3 is 14.4 Å². The molecule has 1 atom stereocenters. The second-order valence-corrected chi connectivity index (χ2v) is 10.4. The molecule has 1 aliphatic rings. The number of ether oxygens (including phenoxy) is 2. The average Bonchev–Trinajstić information content (AvgIpc) is 2.96. The van der Waals surface area contributed by atoms with Gasteiger partial charge in [0.05, 0.1) is 18.6 Å². The molecule has 1 saturated heterocycles. The van der Waals surface area contributed by atoms with Crippen molar-refractivity contribution in [1.82, 2.24) is 4.90 Å². The van der Waals surface area contributed by atoms with Gasteiger partial charge in [-0.3, -0.25) is 9.69 Å². The number of para-hydroxylation sites is 1. The lowest BCUT2D eigenvalue weighted by Gasteiger charge is -2.37. The normalized spacial score (nSPS) is 15.8. The van der Waals surface area contributed by atoms with Gasteiger partial charge in [-0.1, -0.05) is 67.6 Å². The molecule has 0 N–H and O–H groups in total. The van der Waals surface area contributed by atoms with E-state index in [1.54, 1.807) is 7.11 Å². The van der Waals surface area contributed by atoms with E-state index in [0.717, 1.165) is 68.9 Å². The Balaban J connectivity index is 1.36. The number of rotatable bonds is 11. The summed E-state index contributed by atoms with van der Waals surface area (Å²) in [4.78, 5) is 18.3. The molecule has 1 aliphatic heterocycles. The second-order valence-electron chi connectivity index (χ2n) is 10.4. The van der Waals surface area contributed by atoms with E-state index in [9.17, 15) is 4.79 Å². The lowest BCUT2D eigenvalue weighted by atomic mass is 9.74. The highest BCUT2D eigenvalue weighted by molar-refractivity contribution is 5.83. The average molecular weight is 515 g/mol. The van der Waals surface area contributed by atoms with Crippen LogP contribution >= 0.6 is 0 Å². The van der Waals surface area contributed by atoms with E-state index in [1.165, 1.54) is 11.3 Å². The minimum Gasteiger partial charge on any atom is -0.496 e. The van der Waals surface area contributed by atoms with Gasteiger partial charge in [0.25, 0.3) is 0 Å². The van der Waals surface area contributed by atoms with Gasteiger partial charge in [0.15, 0.2) is 0 Å². The van der Waals surface area contributed by atoms with E-state index < -0.39 is 5.41 Å². The highest BCUT2D eigenvalue weighted by Gasteiger charge is 2.40. The number of methoxy groups -OCH3 is 1. The summed E-state index contributed by atoms with van der Waals surface area (Å²) in [6, 6.07) is 27.1. The molecule has 0 saturated carbocycles. The van der Waals surface area contributed by atoms with Crippen LogP contribution in [0.4, 0.5) is 5.69 Å². The number of piperazine rings is 1. The van der Waals surface area contributed by atoms with Crippen molar-refractivity contribution in [2.24, 2.45) is 0 Å². The number of carbonyl (C=O) groups excluding carboxylic acids is 1. The van der Waals surface area contributed by atoms with E-state index in [4.69, 9.17) is 9.47 Å². The molecule has 4 rings (SSSR count). The molecule has 38 heavy (non-hydrogen) atoms. The molecule has 0 bridgehead atoms. The van der Waals surface area contributed by atoms with Crippen LogP contribution in [0.2, 0.25) is 0 Å². The molecule has 3 aromatic rings. The Morgan fingerprint density at radius 3 is 2.32 bits per heavy atom. The quantitative estimate of drug-likeness (QED) is 0.271. The van der Waals surface area contributed by atoms with Crippen molar-refractivity contribution in [2.45, 2.75) is 51.6 Å². The van der Waals surface area contributed by atoms with Crippen molar-refractivity contribution in [2.75, 3.05) is 44.7 Å². The van der Waals surface area contributed by atoms with Crippen molar-refractivity contribution in [3.8, 4) is 16.9 Å². The van der Waals surface area contributed by atoms with Gasteiger partial charge >= 0.3 is 5.97 Å². The smallest absolute Gasteiger partial charge is 0.316 e. The Labute approximate surface area is 228 Å². The van der Waals surface area contributed by atoms with Crippen LogP contribution < -0.4 is 9.64 Å². The predicted octanol–water partition coefficient (Wildman–Crippen LogP) is 6.56. The molecule has 1 heterocycles. The zero-order valence-electron chi connectivity index (χ0n) is 23.4. The first-order valence-corrected chi connectivity index (χ1v) is 13.9. The summed E-state index contributed by atoms with van der Waals surface area (Å²) in [6.07, 6.45) is 2.37. The molecular formula is C33H42N2O3. The van der Waals surface area contributed by atoms with Crippen LogP contribution in [-0.4, -0.2) is 56.8 Å². The minimum atomic E-state index is -0.591. The number of benzene rings is 3. The van der Waals surface area contributed by atoms with E-state index in [0.29, 0.717) is 0 Å².